The number of hydrogen-bond acceptors (Lipinski definition) is 2. The zero-order chi connectivity index (χ0) is 13.0. The van der Waals surface area contributed by atoms with Crippen molar-refractivity contribution < 1.29 is 4.79 Å². The summed E-state index contributed by atoms with van der Waals surface area (Å²) in [5, 5.41) is 0. The monoisotopic (exact) mass is 357 g/mol. The average Bonchev–Trinajstić information content (AvgIpc) is 2.56. The molecule has 1 aromatic carbocycles. The van der Waals surface area contributed by atoms with Gasteiger partial charge in [0.2, 0.25) is 0 Å². The van der Waals surface area contributed by atoms with Gasteiger partial charge in [-0.3, -0.25) is 9.69 Å². The molecule has 1 saturated heterocycles. The molecule has 18 heavy (non-hydrogen) atoms. The van der Waals surface area contributed by atoms with Crippen molar-refractivity contribution in [2.45, 2.75) is 38.6 Å². The lowest BCUT2D eigenvalue weighted by Crippen LogP contribution is -2.37. The van der Waals surface area contributed by atoms with E-state index in [1.807, 2.05) is 24.3 Å². The Morgan fingerprint density at radius 3 is 2.72 bits per heavy atom. The molecule has 1 atom stereocenters. The van der Waals surface area contributed by atoms with Gasteiger partial charge in [0.15, 0.2) is 5.78 Å². The second-order valence-electron chi connectivity index (χ2n) is 5.10. The fourth-order valence-corrected chi connectivity index (χ4v) is 2.84. The van der Waals surface area contributed by atoms with Crippen LogP contribution in [0.25, 0.3) is 0 Å². The number of benzene rings is 1. The molecule has 0 spiro atoms. The van der Waals surface area contributed by atoms with Gasteiger partial charge in [-0.25, -0.2) is 0 Å². The highest BCUT2D eigenvalue weighted by molar-refractivity contribution is 14.1. The van der Waals surface area contributed by atoms with E-state index in [0.717, 1.165) is 12.1 Å². The van der Waals surface area contributed by atoms with E-state index in [2.05, 4.69) is 34.4 Å². The minimum absolute atomic E-state index is 0.250. The Labute approximate surface area is 123 Å². The summed E-state index contributed by atoms with van der Waals surface area (Å²) >= 11 is 2.26. The van der Waals surface area contributed by atoms with E-state index in [9.17, 15) is 4.79 Å². The summed E-state index contributed by atoms with van der Waals surface area (Å²) in [6.45, 7) is 3.88. The van der Waals surface area contributed by atoms with Gasteiger partial charge in [0, 0.05) is 15.2 Å². The van der Waals surface area contributed by atoms with Crippen molar-refractivity contribution >= 4 is 28.4 Å². The van der Waals surface area contributed by atoms with Crippen LogP contribution >= 0.6 is 22.6 Å². The van der Waals surface area contributed by atoms with Gasteiger partial charge in [0.25, 0.3) is 0 Å². The predicted molar refractivity (Wildman–Crippen MR) is 83.0 cm³/mol. The SMILES string of the molecule is CC1CCCCCN1CC(=O)c1ccc(I)cc1. The van der Waals surface area contributed by atoms with Crippen molar-refractivity contribution in [3.8, 4) is 0 Å². The second-order valence-corrected chi connectivity index (χ2v) is 6.34. The van der Waals surface area contributed by atoms with Crippen LogP contribution in [0.2, 0.25) is 0 Å². The first-order valence-electron chi connectivity index (χ1n) is 6.69. The lowest BCUT2D eigenvalue weighted by molar-refractivity contribution is 0.0901. The lowest BCUT2D eigenvalue weighted by Gasteiger charge is -2.25. The van der Waals surface area contributed by atoms with Crippen molar-refractivity contribution in [3.63, 3.8) is 0 Å². The molecule has 0 N–H and O–H groups in total. The van der Waals surface area contributed by atoms with Crippen LogP contribution in [0.4, 0.5) is 0 Å². The van der Waals surface area contributed by atoms with Gasteiger partial charge in [-0.2, -0.15) is 0 Å². The van der Waals surface area contributed by atoms with E-state index in [0.29, 0.717) is 12.6 Å². The zero-order valence-corrected chi connectivity index (χ0v) is 13.0. The van der Waals surface area contributed by atoms with E-state index in [-0.39, 0.29) is 5.78 Å². The van der Waals surface area contributed by atoms with Crippen LogP contribution < -0.4 is 0 Å². The Hall–Kier alpha value is -0.420. The number of likely N-dealkylation sites (tertiary alicyclic amines) is 1. The van der Waals surface area contributed by atoms with Crippen molar-refractivity contribution in [2.75, 3.05) is 13.1 Å². The molecule has 2 rings (SSSR count). The highest BCUT2D eigenvalue weighted by Crippen LogP contribution is 2.17. The molecule has 1 aromatic rings. The van der Waals surface area contributed by atoms with Crippen LogP contribution in [0.1, 0.15) is 43.0 Å². The van der Waals surface area contributed by atoms with E-state index < -0.39 is 0 Å². The zero-order valence-electron chi connectivity index (χ0n) is 10.9. The van der Waals surface area contributed by atoms with Gasteiger partial charge in [-0.05, 0) is 61.0 Å². The molecule has 1 unspecified atom stereocenters. The van der Waals surface area contributed by atoms with Crippen molar-refractivity contribution in [2.24, 2.45) is 0 Å². The van der Waals surface area contributed by atoms with Gasteiger partial charge in [0.05, 0.1) is 6.54 Å². The molecule has 1 fully saturated rings. The molecule has 1 aliphatic heterocycles. The van der Waals surface area contributed by atoms with Crippen LogP contribution in [0, 0.1) is 3.57 Å². The van der Waals surface area contributed by atoms with Gasteiger partial charge >= 0.3 is 0 Å². The molecule has 3 heteroatoms. The summed E-state index contributed by atoms with van der Waals surface area (Å²) in [6, 6.07) is 8.42. The van der Waals surface area contributed by atoms with Crippen LogP contribution in [0.15, 0.2) is 24.3 Å². The van der Waals surface area contributed by atoms with E-state index in [1.54, 1.807) is 0 Å². The van der Waals surface area contributed by atoms with Crippen LogP contribution in [-0.4, -0.2) is 29.8 Å². The van der Waals surface area contributed by atoms with Gasteiger partial charge in [-0.1, -0.05) is 25.0 Å². The average molecular weight is 357 g/mol. The Kier molecular flexibility index (Phi) is 5.18. The Bertz CT molecular complexity index is 401. The number of carbonyl (C=O) groups is 1. The molecule has 0 radical (unpaired) electrons. The largest absolute Gasteiger partial charge is 0.293 e. The molecule has 0 saturated carbocycles. The molecule has 0 aliphatic carbocycles. The maximum absolute atomic E-state index is 12.2. The quantitative estimate of drug-likeness (QED) is 0.607. The van der Waals surface area contributed by atoms with Crippen LogP contribution in [0.5, 0.6) is 0 Å². The predicted octanol–water partition coefficient (Wildman–Crippen LogP) is 3.74. The number of halogens is 1. The minimum atomic E-state index is 0.250. The lowest BCUT2D eigenvalue weighted by atomic mass is 10.1. The molecule has 2 nitrogen and oxygen atoms in total. The number of rotatable bonds is 3. The first-order valence-corrected chi connectivity index (χ1v) is 7.77. The molecular formula is C15H20INO. The standard InChI is InChI=1S/C15H20INO/c1-12-5-3-2-4-10-17(12)11-15(18)13-6-8-14(16)9-7-13/h6-9,12H,2-5,10-11H2,1H3. The Balaban J connectivity index is 1.99. The molecular weight excluding hydrogens is 337 g/mol. The fraction of sp³-hybridized carbons (Fsp3) is 0.533. The smallest absolute Gasteiger partial charge is 0.176 e. The fourth-order valence-electron chi connectivity index (χ4n) is 2.48. The molecule has 1 aliphatic rings. The van der Waals surface area contributed by atoms with E-state index in [1.165, 1.54) is 29.3 Å². The number of hydrogen-bond donors (Lipinski definition) is 0. The Morgan fingerprint density at radius 1 is 1.28 bits per heavy atom. The van der Waals surface area contributed by atoms with Gasteiger partial charge < -0.3 is 0 Å². The molecule has 0 bridgehead atoms. The molecule has 98 valence electrons. The van der Waals surface area contributed by atoms with E-state index >= 15 is 0 Å². The van der Waals surface area contributed by atoms with Crippen molar-refractivity contribution in [1.29, 1.82) is 0 Å². The maximum atomic E-state index is 12.2. The highest BCUT2D eigenvalue weighted by atomic mass is 127. The number of ketones is 1. The third-order valence-corrected chi connectivity index (χ3v) is 4.42. The van der Waals surface area contributed by atoms with Crippen molar-refractivity contribution in [1.82, 2.24) is 4.90 Å². The van der Waals surface area contributed by atoms with Crippen LogP contribution in [-0.2, 0) is 0 Å². The minimum Gasteiger partial charge on any atom is -0.293 e. The summed E-state index contributed by atoms with van der Waals surface area (Å²) in [7, 11) is 0. The number of carbonyl (C=O) groups excluding carboxylic acids is 1. The third-order valence-electron chi connectivity index (χ3n) is 3.70. The number of Topliss-reactive ketones (excluding diaryl/α,β-unsaturated/α-hetero) is 1. The second kappa shape index (κ2) is 6.66. The van der Waals surface area contributed by atoms with Crippen molar-refractivity contribution in [3.05, 3.63) is 33.4 Å². The first-order chi connectivity index (χ1) is 8.66. The van der Waals surface area contributed by atoms with E-state index in [4.69, 9.17) is 0 Å². The maximum Gasteiger partial charge on any atom is 0.176 e. The molecule has 0 amide bonds. The van der Waals surface area contributed by atoms with Gasteiger partial charge in [0.1, 0.15) is 0 Å². The summed E-state index contributed by atoms with van der Waals surface area (Å²) in [5.41, 5.74) is 0.840. The summed E-state index contributed by atoms with van der Waals surface area (Å²) in [4.78, 5) is 14.6. The topological polar surface area (TPSA) is 20.3 Å². The first kappa shape index (κ1) is 14.0. The number of nitrogens with zero attached hydrogens (tertiary/aromatic N) is 1. The third kappa shape index (κ3) is 3.79. The summed E-state index contributed by atoms with van der Waals surface area (Å²) < 4.78 is 1.17. The molecule has 0 aromatic heterocycles. The summed E-state index contributed by atoms with van der Waals surface area (Å²) in [5.74, 6) is 0.250. The van der Waals surface area contributed by atoms with Gasteiger partial charge in [-0.15, -0.1) is 0 Å². The Morgan fingerprint density at radius 2 is 2.00 bits per heavy atom. The highest BCUT2D eigenvalue weighted by Gasteiger charge is 2.19. The molecule has 1 heterocycles. The normalized spacial score (nSPS) is 21.6. The summed E-state index contributed by atoms with van der Waals surface area (Å²) in [6.07, 6.45) is 5.05. The van der Waals surface area contributed by atoms with Crippen LogP contribution in [0.3, 0.4) is 0 Å².